The first kappa shape index (κ1) is 36.4. The van der Waals surface area contributed by atoms with Gasteiger partial charge in [0.1, 0.15) is 55.1 Å². The van der Waals surface area contributed by atoms with Gasteiger partial charge in [0.15, 0.2) is 17.9 Å². The Hall–Kier alpha value is -2.98. The van der Waals surface area contributed by atoms with E-state index in [0.29, 0.717) is 13.2 Å². The molecule has 9 atom stereocenters. The Bertz CT molecular complexity index is 1520. The highest BCUT2D eigenvalue weighted by Crippen LogP contribution is 2.39. The van der Waals surface area contributed by atoms with Crippen molar-refractivity contribution in [1.82, 2.24) is 0 Å². The van der Waals surface area contributed by atoms with Crippen LogP contribution in [0.25, 0.3) is 0 Å². The van der Waals surface area contributed by atoms with Gasteiger partial charge >= 0.3 is 0 Å². The van der Waals surface area contributed by atoms with Crippen molar-refractivity contribution in [3.05, 3.63) is 102 Å². The van der Waals surface area contributed by atoms with Gasteiger partial charge in [-0.05, 0) is 51.0 Å². The first-order chi connectivity index (χ1) is 24.7. The van der Waals surface area contributed by atoms with Gasteiger partial charge in [-0.2, -0.15) is 0 Å². The van der Waals surface area contributed by atoms with Crippen molar-refractivity contribution in [2.24, 2.45) is 0 Å². The number of methoxy groups -OCH3 is 1. The lowest BCUT2D eigenvalue weighted by Crippen LogP contribution is -2.63. The fourth-order valence-corrected chi connectivity index (χ4v) is 6.81. The summed E-state index contributed by atoms with van der Waals surface area (Å²) < 4.78 is 62.3. The molecule has 4 heterocycles. The molecule has 0 bridgehead atoms. The first-order valence-corrected chi connectivity index (χ1v) is 17.5. The molecule has 7 rings (SSSR count). The van der Waals surface area contributed by atoms with Crippen LogP contribution >= 0.6 is 0 Å². The second kappa shape index (κ2) is 15.9. The minimum Gasteiger partial charge on any atom is -0.497 e. The van der Waals surface area contributed by atoms with E-state index in [2.05, 4.69) is 0 Å². The third-order valence-electron chi connectivity index (χ3n) is 9.26. The van der Waals surface area contributed by atoms with Gasteiger partial charge in [-0.3, -0.25) is 0 Å². The van der Waals surface area contributed by atoms with Crippen LogP contribution in [-0.2, 0) is 65.6 Å². The van der Waals surface area contributed by atoms with Crippen LogP contribution in [0, 0.1) is 0 Å². The Morgan fingerprint density at radius 2 is 1.35 bits per heavy atom. The van der Waals surface area contributed by atoms with E-state index in [1.165, 1.54) is 0 Å². The maximum absolute atomic E-state index is 6.69. The van der Waals surface area contributed by atoms with Crippen LogP contribution in [0.5, 0.6) is 5.75 Å². The Morgan fingerprint density at radius 3 is 2.04 bits per heavy atom. The Labute approximate surface area is 298 Å². The zero-order valence-corrected chi connectivity index (χ0v) is 29.7. The molecule has 4 fully saturated rings. The van der Waals surface area contributed by atoms with Gasteiger partial charge in [-0.25, -0.2) is 9.78 Å². The van der Waals surface area contributed by atoms with Crippen LogP contribution in [0.3, 0.4) is 0 Å². The lowest BCUT2D eigenvalue weighted by Gasteiger charge is -2.48. The molecule has 276 valence electrons. The predicted octanol–water partition coefficient (Wildman–Crippen LogP) is 5.62. The van der Waals surface area contributed by atoms with Gasteiger partial charge in [-0.15, -0.1) is 0 Å². The van der Waals surface area contributed by atoms with E-state index in [9.17, 15) is 0 Å². The van der Waals surface area contributed by atoms with Crippen LogP contribution in [0.2, 0.25) is 0 Å². The van der Waals surface area contributed by atoms with E-state index in [0.717, 1.165) is 22.4 Å². The van der Waals surface area contributed by atoms with Gasteiger partial charge in [-0.1, -0.05) is 72.8 Å². The second-order valence-corrected chi connectivity index (χ2v) is 14.0. The van der Waals surface area contributed by atoms with E-state index in [1.807, 2.05) is 113 Å². The quantitative estimate of drug-likeness (QED) is 0.162. The van der Waals surface area contributed by atoms with E-state index in [4.69, 9.17) is 57.1 Å². The lowest BCUT2D eigenvalue weighted by molar-refractivity contribution is -0.449. The smallest absolute Gasteiger partial charge is 0.220 e. The molecule has 4 aliphatic heterocycles. The highest BCUT2D eigenvalue weighted by molar-refractivity contribution is 5.26. The molecule has 0 aromatic heterocycles. The summed E-state index contributed by atoms with van der Waals surface area (Å²) >= 11 is 0. The summed E-state index contributed by atoms with van der Waals surface area (Å²) in [5.41, 5.74) is 2.83. The zero-order valence-electron chi connectivity index (χ0n) is 29.7. The maximum atomic E-state index is 6.69. The van der Waals surface area contributed by atoms with Crippen LogP contribution in [0.1, 0.15) is 50.7 Å². The first-order valence-electron chi connectivity index (χ1n) is 17.5. The molecule has 0 saturated carbocycles. The Balaban J connectivity index is 1.11. The molecule has 12 heteroatoms. The number of rotatable bonds is 13. The highest BCUT2D eigenvalue weighted by Gasteiger charge is 2.53. The summed E-state index contributed by atoms with van der Waals surface area (Å²) in [6.45, 7) is 8.66. The summed E-state index contributed by atoms with van der Waals surface area (Å²) in [6.07, 6.45) is -5.39. The van der Waals surface area contributed by atoms with Crippen molar-refractivity contribution in [2.45, 2.75) is 108 Å². The average molecular weight is 709 g/mol. The van der Waals surface area contributed by atoms with Gasteiger partial charge < -0.3 is 47.4 Å². The summed E-state index contributed by atoms with van der Waals surface area (Å²) in [5, 5.41) is 0. The summed E-state index contributed by atoms with van der Waals surface area (Å²) in [5.74, 6) is -0.820. The normalized spacial score (nSPS) is 32.8. The van der Waals surface area contributed by atoms with Crippen molar-refractivity contribution in [2.75, 3.05) is 26.9 Å². The number of ether oxygens (including phenoxy) is 10. The minimum atomic E-state index is -1.01. The summed E-state index contributed by atoms with van der Waals surface area (Å²) in [4.78, 5) is 12.0. The topological polar surface area (TPSA) is 111 Å². The van der Waals surface area contributed by atoms with Crippen molar-refractivity contribution in [3.8, 4) is 5.75 Å². The van der Waals surface area contributed by atoms with Gasteiger partial charge in [0.2, 0.25) is 6.29 Å². The van der Waals surface area contributed by atoms with Crippen molar-refractivity contribution in [3.63, 3.8) is 0 Å². The minimum absolute atomic E-state index is 0.0339. The fraction of sp³-hybridized carbons (Fsp3) is 0.538. The van der Waals surface area contributed by atoms with Crippen molar-refractivity contribution in [1.29, 1.82) is 0 Å². The molecule has 4 saturated heterocycles. The number of fused-ring (bicyclic) bond motifs is 1. The molecule has 12 nitrogen and oxygen atoms in total. The molecular formula is C39H48O12. The van der Waals surface area contributed by atoms with Crippen LogP contribution in [0.4, 0.5) is 0 Å². The summed E-state index contributed by atoms with van der Waals surface area (Å²) in [6, 6.07) is 27.4. The monoisotopic (exact) mass is 708 g/mol. The molecule has 3 aromatic carbocycles. The fourth-order valence-electron chi connectivity index (χ4n) is 6.81. The molecule has 51 heavy (non-hydrogen) atoms. The van der Waals surface area contributed by atoms with E-state index in [1.54, 1.807) is 7.11 Å². The van der Waals surface area contributed by atoms with Gasteiger partial charge in [0.05, 0.1) is 33.5 Å². The van der Waals surface area contributed by atoms with Crippen LogP contribution in [-0.4, -0.2) is 87.5 Å². The second-order valence-electron chi connectivity index (χ2n) is 14.0. The van der Waals surface area contributed by atoms with E-state index in [-0.39, 0.29) is 25.9 Å². The van der Waals surface area contributed by atoms with E-state index >= 15 is 0 Å². The molecular weight excluding hydrogens is 660 g/mol. The van der Waals surface area contributed by atoms with Crippen molar-refractivity contribution < 1.29 is 57.1 Å². The Kier molecular flexibility index (Phi) is 11.4. The largest absolute Gasteiger partial charge is 0.497 e. The molecule has 3 aromatic rings. The SMILES string of the molecule is COc1ccc(CO[C@@H]2[C@H](OOC[C@H]3OC(C)(C)O[C@H]3[C@H]3COC(C)(C)O3)O[C@@H]3COC(c4ccccc4)O[C@H]3[C@@H]2OCc2ccccc2)cc1. The molecule has 0 amide bonds. The predicted molar refractivity (Wildman–Crippen MR) is 181 cm³/mol. The molecule has 0 aliphatic carbocycles. The molecule has 0 N–H and O–H groups in total. The highest BCUT2D eigenvalue weighted by atomic mass is 17.2. The standard InChI is InChI=1S/C39H48O12/c1-38(2)44-23-30(48-38)32-31(49-39(3,4)50-32)24-45-51-37-35(42-21-26-16-18-28(40-5)19-17-26)34(41-20-25-12-8-6-9-13-25)33-29(46-37)22-43-36(47-33)27-14-10-7-11-15-27/h6-19,29-37H,20-24H2,1-5H3/t29-,30-,31-,32+,33-,34+,35+,36?,37+/m1/s1. The van der Waals surface area contributed by atoms with Gasteiger partial charge in [0.25, 0.3) is 0 Å². The van der Waals surface area contributed by atoms with E-state index < -0.39 is 60.8 Å². The average Bonchev–Trinajstić information content (AvgIpc) is 3.67. The zero-order chi connectivity index (χ0) is 35.4. The molecule has 0 radical (unpaired) electrons. The number of benzene rings is 3. The number of hydrogen-bond donors (Lipinski definition) is 0. The lowest BCUT2D eigenvalue weighted by atomic mass is 9.97. The Morgan fingerprint density at radius 1 is 0.667 bits per heavy atom. The van der Waals surface area contributed by atoms with Crippen LogP contribution < -0.4 is 4.74 Å². The number of hydrogen-bond acceptors (Lipinski definition) is 12. The molecule has 1 unspecified atom stereocenters. The molecule has 4 aliphatic rings. The maximum Gasteiger partial charge on any atom is 0.220 e. The van der Waals surface area contributed by atoms with Gasteiger partial charge in [0, 0.05) is 5.56 Å². The molecule has 0 spiro atoms. The van der Waals surface area contributed by atoms with Crippen molar-refractivity contribution >= 4 is 0 Å². The van der Waals surface area contributed by atoms with Crippen LogP contribution in [0.15, 0.2) is 84.9 Å². The third kappa shape index (κ3) is 8.98. The summed E-state index contributed by atoms with van der Waals surface area (Å²) in [7, 11) is 1.63. The third-order valence-corrected chi connectivity index (χ3v) is 9.26.